The molecule has 0 aromatic heterocycles. The Hall–Kier alpha value is -1.84. The summed E-state index contributed by atoms with van der Waals surface area (Å²) < 4.78 is 5.16. The minimum atomic E-state index is 0.677. The Kier molecular flexibility index (Phi) is 4.53. The van der Waals surface area contributed by atoms with Crippen LogP contribution in [0, 0.1) is 0 Å². The lowest BCUT2D eigenvalue weighted by atomic mass is 10.1. The minimum Gasteiger partial charge on any atom is -0.380 e. The summed E-state index contributed by atoms with van der Waals surface area (Å²) in [5.41, 5.74) is 5.29. The largest absolute Gasteiger partial charge is 0.380 e. The van der Waals surface area contributed by atoms with Crippen LogP contribution in [0.4, 0.5) is 5.69 Å². The van der Waals surface area contributed by atoms with Crippen LogP contribution in [-0.2, 0) is 24.4 Å². The van der Waals surface area contributed by atoms with Crippen LogP contribution in [-0.4, -0.2) is 20.2 Å². The van der Waals surface area contributed by atoms with Gasteiger partial charge in [-0.25, -0.2) is 0 Å². The summed E-state index contributed by atoms with van der Waals surface area (Å²) in [7, 11) is 1.73. The number of hydrogen-bond acceptors (Lipinski definition) is 3. The van der Waals surface area contributed by atoms with E-state index in [-0.39, 0.29) is 0 Å². The second-order valence-electron chi connectivity index (χ2n) is 5.48. The molecule has 0 unspecified atom stereocenters. The van der Waals surface area contributed by atoms with Gasteiger partial charge in [-0.2, -0.15) is 0 Å². The molecular formula is C18H22N2O. The van der Waals surface area contributed by atoms with Crippen molar-refractivity contribution < 1.29 is 4.74 Å². The molecule has 0 saturated carbocycles. The second kappa shape index (κ2) is 6.74. The zero-order chi connectivity index (χ0) is 14.5. The number of rotatable bonds is 4. The van der Waals surface area contributed by atoms with Crippen molar-refractivity contribution in [3.05, 3.63) is 65.2 Å². The first kappa shape index (κ1) is 14.1. The van der Waals surface area contributed by atoms with Gasteiger partial charge in [-0.15, -0.1) is 0 Å². The van der Waals surface area contributed by atoms with E-state index in [0.717, 1.165) is 26.2 Å². The molecule has 0 fully saturated rings. The number of hydrogen-bond donors (Lipinski definition) is 1. The number of para-hydroxylation sites is 1. The molecule has 0 atom stereocenters. The van der Waals surface area contributed by atoms with Crippen LogP contribution in [0.2, 0.25) is 0 Å². The number of methoxy groups -OCH3 is 1. The molecule has 0 amide bonds. The van der Waals surface area contributed by atoms with Gasteiger partial charge in [0, 0.05) is 39.0 Å². The average molecular weight is 282 g/mol. The van der Waals surface area contributed by atoms with Crippen LogP contribution in [0.1, 0.15) is 16.7 Å². The number of nitrogens with one attached hydrogen (secondary N) is 1. The maximum absolute atomic E-state index is 5.16. The first-order valence-corrected chi connectivity index (χ1v) is 7.47. The van der Waals surface area contributed by atoms with Crippen LogP contribution >= 0.6 is 0 Å². The van der Waals surface area contributed by atoms with Crippen molar-refractivity contribution in [1.29, 1.82) is 0 Å². The fourth-order valence-electron chi connectivity index (χ4n) is 2.82. The van der Waals surface area contributed by atoms with Crippen molar-refractivity contribution in [2.75, 3.05) is 25.1 Å². The molecular weight excluding hydrogens is 260 g/mol. The summed E-state index contributed by atoms with van der Waals surface area (Å²) in [6, 6.07) is 17.4. The van der Waals surface area contributed by atoms with Crippen LogP contribution in [0.25, 0.3) is 0 Å². The quantitative estimate of drug-likeness (QED) is 0.933. The third-order valence-corrected chi connectivity index (χ3v) is 3.91. The van der Waals surface area contributed by atoms with Crippen molar-refractivity contribution >= 4 is 5.69 Å². The van der Waals surface area contributed by atoms with Crippen molar-refractivity contribution in [2.24, 2.45) is 0 Å². The molecule has 0 spiro atoms. The Morgan fingerprint density at radius 3 is 2.62 bits per heavy atom. The molecule has 0 bridgehead atoms. The fraction of sp³-hybridized carbons (Fsp3) is 0.333. The minimum absolute atomic E-state index is 0.677. The maximum Gasteiger partial charge on any atom is 0.0713 e. The van der Waals surface area contributed by atoms with Crippen LogP contribution in [0.5, 0.6) is 0 Å². The molecule has 1 aliphatic heterocycles. The molecule has 0 saturated heterocycles. The molecule has 21 heavy (non-hydrogen) atoms. The van der Waals surface area contributed by atoms with E-state index in [9.17, 15) is 0 Å². The first-order valence-electron chi connectivity index (χ1n) is 7.47. The molecule has 1 N–H and O–H groups in total. The van der Waals surface area contributed by atoms with Gasteiger partial charge in [-0.1, -0.05) is 42.5 Å². The van der Waals surface area contributed by atoms with Gasteiger partial charge in [-0.05, 0) is 22.8 Å². The first-order chi connectivity index (χ1) is 10.4. The van der Waals surface area contributed by atoms with E-state index in [1.807, 2.05) is 0 Å². The molecule has 2 aromatic carbocycles. The summed E-state index contributed by atoms with van der Waals surface area (Å²) in [6.45, 7) is 4.65. The van der Waals surface area contributed by atoms with Crippen LogP contribution in [0.3, 0.4) is 0 Å². The number of fused-ring (bicyclic) bond motifs is 1. The van der Waals surface area contributed by atoms with E-state index in [0.29, 0.717) is 6.61 Å². The summed E-state index contributed by atoms with van der Waals surface area (Å²) in [5, 5.41) is 3.49. The summed E-state index contributed by atoms with van der Waals surface area (Å²) >= 11 is 0. The lowest BCUT2D eigenvalue weighted by Crippen LogP contribution is -2.28. The maximum atomic E-state index is 5.16. The molecule has 1 aliphatic rings. The molecule has 110 valence electrons. The predicted molar refractivity (Wildman–Crippen MR) is 86.4 cm³/mol. The highest BCUT2D eigenvalue weighted by atomic mass is 16.5. The molecule has 3 rings (SSSR count). The van der Waals surface area contributed by atoms with Gasteiger partial charge >= 0.3 is 0 Å². The zero-order valence-electron chi connectivity index (χ0n) is 12.5. The molecule has 3 nitrogen and oxygen atoms in total. The Morgan fingerprint density at radius 1 is 1.05 bits per heavy atom. The monoisotopic (exact) mass is 282 g/mol. The van der Waals surface area contributed by atoms with E-state index < -0.39 is 0 Å². The van der Waals surface area contributed by atoms with E-state index in [1.165, 1.54) is 22.4 Å². The Balaban J connectivity index is 1.77. The van der Waals surface area contributed by atoms with Gasteiger partial charge in [-0.3, -0.25) is 0 Å². The fourth-order valence-corrected chi connectivity index (χ4v) is 2.82. The standard InChI is InChI=1S/C18H22N2O/c1-21-14-16-8-6-15(7-9-16)13-20-11-10-19-12-17-4-2-3-5-18(17)20/h2-9,19H,10-14H2,1H3. The van der Waals surface area contributed by atoms with E-state index in [1.54, 1.807) is 7.11 Å². The number of ether oxygens (including phenoxy) is 1. The van der Waals surface area contributed by atoms with Gasteiger partial charge in [0.2, 0.25) is 0 Å². The molecule has 1 heterocycles. The predicted octanol–water partition coefficient (Wildman–Crippen LogP) is 2.94. The van der Waals surface area contributed by atoms with E-state index >= 15 is 0 Å². The summed E-state index contributed by atoms with van der Waals surface area (Å²) in [4.78, 5) is 2.46. The zero-order valence-corrected chi connectivity index (χ0v) is 12.5. The third-order valence-electron chi connectivity index (χ3n) is 3.91. The Labute approximate surface area is 126 Å². The smallest absolute Gasteiger partial charge is 0.0713 e. The lowest BCUT2D eigenvalue weighted by Gasteiger charge is -2.24. The van der Waals surface area contributed by atoms with Crippen molar-refractivity contribution in [1.82, 2.24) is 5.32 Å². The second-order valence-corrected chi connectivity index (χ2v) is 5.48. The highest BCUT2D eigenvalue weighted by molar-refractivity contribution is 5.54. The highest BCUT2D eigenvalue weighted by Crippen LogP contribution is 2.24. The Morgan fingerprint density at radius 2 is 1.81 bits per heavy atom. The van der Waals surface area contributed by atoms with Crippen LogP contribution < -0.4 is 10.2 Å². The topological polar surface area (TPSA) is 24.5 Å². The van der Waals surface area contributed by atoms with Gasteiger partial charge in [0.15, 0.2) is 0 Å². The normalized spacial score (nSPS) is 14.6. The number of nitrogens with zero attached hydrogens (tertiary/aromatic N) is 1. The molecule has 0 radical (unpaired) electrons. The summed E-state index contributed by atoms with van der Waals surface area (Å²) in [5.74, 6) is 0. The third kappa shape index (κ3) is 3.43. The summed E-state index contributed by atoms with van der Waals surface area (Å²) in [6.07, 6.45) is 0. The molecule has 3 heteroatoms. The highest BCUT2D eigenvalue weighted by Gasteiger charge is 2.14. The van der Waals surface area contributed by atoms with Crippen LogP contribution in [0.15, 0.2) is 48.5 Å². The van der Waals surface area contributed by atoms with Crippen molar-refractivity contribution in [3.63, 3.8) is 0 Å². The Bertz CT molecular complexity index is 580. The van der Waals surface area contributed by atoms with Gasteiger partial charge < -0.3 is 15.0 Å². The average Bonchev–Trinajstić information content (AvgIpc) is 2.72. The number of benzene rings is 2. The van der Waals surface area contributed by atoms with Gasteiger partial charge in [0.05, 0.1) is 6.61 Å². The molecule has 0 aliphatic carbocycles. The SMILES string of the molecule is COCc1ccc(CN2CCNCc3ccccc32)cc1. The lowest BCUT2D eigenvalue weighted by molar-refractivity contribution is 0.185. The van der Waals surface area contributed by atoms with Gasteiger partial charge in [0.25, 0.3) is 0 Å². The van der Waals surface area contributed by atoms with E-state index in [4.69, 9.17) is 4.74 Å². The molecule has 2 aromatic rings. The van der Waals surface area contributed by atoms with Gasteiger partial charge in [0.1, 0.15) is 0 Å². The van der Waals surface area contributed by atoms with Crippen molar-refractivity contribution in [3.8, 4) is 0 Å². The van der Waals surface area contributed by atoms with Crippen molar-refractivity contribution in [2.45, 2.75) is 19.7 Å². The van der Waals surface area contributed by atoms with E-state index in [2.05, 4.69) is 58.7 Å². The number of anilines is 1.